The van der Waals surface area contributed by atoms with Crippen LogP contribution in [0.25, 0.3) is 0 Å². The fourth-order valence-electron chi connectivity index (χ4n) is 1.60. The van der Waals surface area contributed by atoms with E-state index in [1.807, 2.05) is 0 Å². The normalized spacial score (nSPS) is 17.5. The molecule has 1 unspecified atom stereocenters. The Morgan fingerprint density at radius 2 is 1.71 bits per heavy atom. The molecule has 0 aromatic rings. The predicted molar refractivity (Wildman–Crippen MR) is 82.1 cm³/mol. The Labute approximate surface area is 120 Å². The number of alkyl halides is 1. The van der Waals surface area contributed by atoms with Gasteiger partial charge in [0.1, 0.15) is 0 Å². The van der Waals surface area contributed by atoms with Crippen LogP contribution < -0.4 is 0 Å². The van der Waals surface area contributed by atoms with Crippen LogP contribution in [0.4, 0.5) is 0 Å². The van der Waals surface area contributed by atoms with E-state index in [4.69, 9.17) is 9.47 Å². The van der Waals surface area contributed by atoms with Gasteiger partial charge in [0.25, 0.3) is 0 Å². The van der Waals surface area contributed by atoms with Gasteiger partial charge in [-0.3, -0.25) is 0 Å². The van der Waals surface area contributed by atoms with Crippen LogP contribution in [0.2, 0.25) is 0 Å². The molecular formula is C13H28INO2. The first-order valence-corrected chi connectivity index (χ1v) is 7.56. The van der Waals surface area contributed by atoms with Gasteiger partial charge in [-0.2, -0.15) is 0 Å². The predicted octanol–water partition coefficient (Wildman–Crippen LogP) is 2.96. The van der Waals surface area contributed by atoms with Crippen molar-refractivity contribution in [1.82, 2.24) is 4.90 Å². The van der Waals surface area contributed by atoms with Gasteiger partial charge in [0.15, 0.2) is 0 Å². The standard InChI is InChI=1S/C13H28INO2/c1-10(2)15(4)8-7-12(14)9-13(17-6)11(3)16-5/h10-13H,7-9H2,1-6H3/t11-,12-,13?/m0/s1. The summed E-state index contributed by atoms with van der Waals surface area (Å²) in [5.41, 5.74) is 0. The van der Waals surface area contributed by atoms with Gasteiger partial charge in [0.05, 0.1) is 12.2 Å². The summed E-state index contributed by atoms with van der Waals surface area (Å²) in [4.78, 5) is 2.38. The maximum absolute atomic E-state index is 5.48. The number of rotatable bonds is 9. The minimum Gasteiger partial charge on any atom is -0.379 e. The third kappa shape index (κ3) is 7.59. The first-order chi connectivity index (χ1) is 7.92. The Hall–Kier alpha value is 0.610. The van der Waals surface area contributed by atoms with E-state index in [1.165, 1.54) is 6.42 Å². The highest BCUT2D eigenvalue weighted by Crippen LogP contribution is 2.18. The molecule has 17 heavy (non-hydrogen) atoms. The minimum absolute atomic E-state index is 0.167. The molecule has 4 heteroatoms. The molecule has 0 aliphatic rings. The summed E-state index contributed by atoms with van der Waals surface area (Å²) in [6.45, 7) is 7.67. The van der Waals surface area contributed by atoms with Crippen LogP contribution in [0.5, 0.6) is 0 Å². The van der Waals surface area contributed by atoms with Crippen molar-refractivity contribution >= 4 is 22.6 Å². The van der Waals surface area contributed by atoms with Crippen molar-refractivity contribution in [1.29, 1.82) is 0 Å². The molecule has 0 aliphatic carbocycles. The zero-order valence-electron chi connectivity index (χ0n) is 12.1. The molecule has 0 amide bonds. The third-order valence-corrected chi connectivity index (χ3v) is 4.49. The van der Waals surface area contributed by atoms with E-state index < -0.39 is 0 Å². The number of ether oxygens (including phenoxy) is 2. The van der Waals surface area contributed by atoms with Crippen LogP contribution in [0, 0.1) is 0 Å². The molecule has 0 heterocycles. The van der Waals surface area contributed by atoms with Gasteiger partial charge in [0.2, 0.25) is 0 Å². The summed E-state index contributed by atoms with van der Waals surface area (Å²) in [6.07, 6.45) is 2.62. The summed E-state index contributed by atoms with van der Waals surface area (Å²) >= 11 is 2.52. The zero-order valence-corrected chi connectivity index (χ0v) is 14.2. The maximum atomic E-state index is 5.48. The van der Waals surface area contributed by atoms with Crippen molar-refractivity contribution in [3.63, 3.8) is 0 Å². The van der Waals surface area contributed by atoms with E-state index >= 15 is 0 Å². The molecule has 0 aliphatic heterocycles. The van der Waals surface area contributed by atoms with Crippen molar-refractivity contribution < 1.29 is 9.47 Å². The smallest absolute Gasteiger partial charge is 0.0840 e. The minimum atomic E-state index is 0.167. The highest BCUT2D eigenvalue weighted by molar-refractivity contribution is 14.1. The van der Waals surface area contributed by atoms with E-state index in [2.05, 4.69) is 55.3 Å². The van der Waals surface area contributed by atoms with Crippen LogP contribution >= 0.6 is 22.6 Å². The summed E-state index contributed by atoms with van der Waals surface area (Å²) < 4.78 is 11.4. The molecule has 104 valence electrons. The van der Waals surface area contributed by atoms with E-state index in [0.29, 0.717) is 9.97 Å². The number of hydrogen-bond acceptors (Lipinski definition) is 3. The lowest BCUT2D eigenvalue weighted by atomic mass is 10.1. The van der Waals surface area contributed by atoms with Gasteiger partial charge in [0, 0.05) is 24.2 Å². The van der Waals surface area contributed by atoms with Crippen LogP contribution in [0.15, 0.2) is 0 Å². The van der Waals surface area contributed by atoms with Gasteiger partial charge in [-0.15, -0.1) is 0 Å². The molecular weight excluding hydrogens is 329 g/mol. The molecule has 0 fully saturated rings. The van der Waals surface area contributed by atoms with Crippen molar-refractivity contribution in [2.24, 2.45) is 0 Å². The summed E-state index contributed by atoms with van der Waals surface area (Å²) in [7, 11) is 5.69. The molecule has 0 saturated heterocycles. The molecule has 3 nitrogen and oxygen atoms in total. The van der Waals surface area contributed by atoms with Gasteiger partial charge < -0.3 is 14.4 Å². The molecule has 0 aromatic carbocycles. The van der Waals surface area contributed by atoms with Crippen molar-refractivity contribution in [3.8, 4) is 0 Å². The van der Waals surface area contributed by atoms with E-state index in [1.54, 1.807) is 14.2 Å². The molecule has 0 rings (SSSR count). The van der Waals surface area contributed by atoms with E-state index in [9.17, 15) is 0 Å². The molecule has 0 bridgehead atoms. The lowest BCUT2D eigenvalue weighted by Gasteiger charge is -2.26. The van der Waals surface area contributed by atoms with E-state index in [0.717, 1.165) is 13.0 Å². The van der Waals surface area contributed by atoms with Crippen LogP contribution in [-0.2, 0) is 9.47 Å². The maximum Gasteiger partial charge on any atom is 0.0840 e. The van der Waals surface area contributed by atoms with Crippen molar-refractivity contribution in [3.05, 3.63) is 0 Å². The summed E-state index contributed by atoms with van der Waals surface area (Å²) in [5, 5.41) is 0. The summed E-state index contributed by atoms with van der Waals surface area (Å²) in [6, 6.07) is 0.620. The van der Waals surface area contributed by atoms with Crippen LogP contribution in [-0.4, -0.2) is 54.9 Å². The second-order valence-corrected chi connectivity index (χ2v) is 6.67. The average Bonchev–Trinajstić information content (AvgIpc) is 2.31. The molecule has 0 N–H and O–H groups in total. The largest absolute Gasteiger partial charge is 0.379 e. The molecule has 3 atom stereocenters. The monoisotopic (exact) mass is 357 g/mol. The molecule has 0 aromatic heterocycles. The Kier molecular flexibility index (Phi) is 9.87. The Morgan fingerprint density at radius 1 is 1.12 bits per heavy atom. The van der Waals surface area contributed by atoms with Crippen LogP contribution in [0.3, 0.4) is 0 Å². The Balaban J connectivity index is 3.94. The lowest BCUT2D eigenvalue weighted by molar-refractivity contribution is -0.0297. The average molecular weight is 357 g/mol. The van der Waals surface area contributed by atoms with Crippen molar-refractivity contribution in [2.75, 3.05) is 27.8 Å². The van der Waals surface area contributed by atoms with Crippen LogP contribution in [0.1, 0.15) is 33.6 Å². The molecule has 0 spiro atoms. The second-order valence-electron chi connectivity index (χ2n) is 4.91. The molecule has 0 radical (unpaired) electrons. The Morgan fingerprint density at radius 3 is 2.12 bits per heavy atom. The first kappa shape index (κ1) is 17.6. The fourth-order valence-corrected chi connectivity index (χ4v) is 2.38. The number of methoxy groups -OCH3 is 2. The summed E-state index contributed by atoms with van der Waals surface area (Å²) in [5.74, 6) is 0. The molecule has 0 saturated carbocycles. The third-order valence-electron chi connectivity index (χ3n) is 3.36. The van der Waals surface area contributed by atoms with Gasteiger partial charge in [-0.05, 0) is 47.2 Å². The van der Waals surface area contributed by atoms with Gasteiger partial charge in [-0.1, -0.05) is 22.6 Å². The fraction of sp³-hybridized carbons (Fsp3) is 1.00. The Bertz CT molecular complexity index is 190. The number of hydrogen-bond donors (Lipinski definition) is 0. The zero-order chi connectivity index (χ0) is 13.4. The SMILES string of the molecule is COC(C[C@@H](I)CCN(C)C(C)C)[C@H](C)OC. The highest BCUT2D eigenvalue weighted by atomic mass is 127. The van der Waals surface area contributed by atoms with E-state index in [-0.39, 0.29) is 12.2 Å². The topological polar surface area (TPSA) is 21.7 Å². The number of nitrogens with zero attached hydrogens (tertiary/aromatic N) is 1. The second kappa shape index (κ2) is 9.53. The quantitative estimate of drug-likeness (QED) is 0.468. The first-order valence-electron chi connectivity index (χ1n) is 6.32. The lowest BCUT2D eigenvalue weighted by Crippen LogP contribution is -2.32. The number of halogens is 1. The van der Waals surface area contributed by atoms with Crippen molar-refractivity contribution in [2.45, 2.75) is 55.8 Å². The van der Waals surface area contributed by atoms with Gasteiger partial charge >= 0.3 is 0 Å². The van der Waals surface area contributed by atoms with Gasteiger partial charge in [-0.25, -0.2) is 0 Å². The highest BCUT2D eigenvalue weighted by Gasteiger charge is 2.20.